The minimum Gasteiger partial charge on any atom is -0.380 e. The summed E-state index contributed by atoms with van der Waals surface area (Å²) in [5.41, 5.74) is 0.897. The molecule has 0 saturated carbocycles. The molecule has 112 valence electrons. The average Bonchev–Trinajstić information content (AvgIpc) is 2.94. The molecule has 0 radical (unpaired) electrons. The van der Waals surface area contributed by atoms with Gasteiger partial charge in [-0.3, -0.25) is 4.79 Å². The van der Waals surface area contributed by atoms with Crippen molar-refractivity contribution < 1.29 is 4.74 Å². The summed E-state index contributed by atoms with van der Waals surface area (Å²) in [7, 11) is 1.73. The van der Waals surface area contributed by atoms with Gasteiger partial charge in [0.2, 0.25) is 0 Å². The van der Waals surface area contributed by atoms with Crippen LogP contribution in [0.2, 0.25) is 0 Å². The number of unbranched alkanes of at least 4 members (excludes halogenated alkanes) is 2. The summed E-state index contributed by atoms with van der Waals surface area (Å²) in [5, 5.41) is 5.30. The monoisotopic (exact) mass is 343 g/mol. The van der Waals surface area contributed by atoms with Crippen molar-refractivity contribution in [1.82, 2.24) is 9.78 Å². The Bertz CT molecular complexity index is 478. The highest BCUT2D eigenvalue weighted by atomic mass is 79.9. The van der Waals surface area contributed by atoms with Gasteiger partial charge in [-0.25, -0.2) is 4.68 Å². The molecular weight excluding hydrogens is 322 g/mol. The van der Waals surface area contributed by atoms with E-state index >= 15 is 0 Å². The summed E-state index contributed by atoms with van der Waals surface area (Å²) in [6.07, 6.45) is 6.31. The second-order valence-electron chi connectivity index (χ2n) is 5.12. The average molecular weight is 344 g/mol. The molecule has 6 heteroatoms. The Labute approximate surface area is 128 Å². The topological polar surface area (TPSA) is 47.4 Å². The van der Waals surface area contributed by atoms with Crippen LogP contribution in [0.15, 0.2) is 17.1 Å². The Morgan fingerprint density at radius 3 is 2.95 bits per heavy atom. The van der Waals surface area contributed by atoms with Crippen LogP contribution < -0.4 is 10.5 Å². The minimum absolute atomic E-state index is 0.0118. The van der Waals surface area contributed by atoms with Gasteiger partial charge in [0.25, 0.3) is 5.56 Å². The minimum atomic E-state index is -0.0118. The molecule has 0 amide bonds. The highest BCUT2D eigenvalue weighted by molar-refractivity contribution is 9.09. The van der Waals surface area contributed by atoms with E-state index in [0.29, 0.717) is 6.54 Å². The van der Waals surface area contributed by atoms with E-state index in [-0.39, 0.29) is 11.7 Å². The van der Waals surface area contributed by atoms with E-state index in [1.54, 1.807) is 24.1 Å². The molecule has 0 spiro atoms. The quantitative estimate of drug-likeness (QED) is 0.561. The lowest BCUT2D eigenvalue weighted by Gasteiger charge is -2.18. The van der Waals surface area contributed by atoms with Gasteiger partial charge < -0.3 is 9.64 Å². The molecule has 1 saturated heterocycles. The predicted molar refractivity (Wildman–Crippen MR) is 83.8 cm³/mol. The highest BCUT2D eigenvalue weighted by Gasteiger charge is 2.22. The fourth-order valence-electron chi connectivity index (χ4n) is 2.45. The van der Waals surface area contributed by atoms with Crippen LogP contribution >= 0.6 is 15.9 Å². The number of ether oxygens (including phenoxy) is 1. The number of aryl methyl sites for hydroxylation is 1. The molecule has 1 aliphatic heterocycles. The largest absolute Gasteiger partial charge is 0.380 e. The summed E-state index contributed by atoms with van der Waals surface area (Å²) < 4.78 is 6.90. The van der Waals surface area contributed by atoms with Crippen LogP contribution in [0.3, 0.4) is 0 Å². The Morgan fingerprint density at radius 2 is 2.30 bits per heavy atom. The summed E-state index contributed by atoms with van der Waals surface area (Å²) in [6.45, 7) is 2.47. The third-order valence-corrected chi connectivity index (χ3v) is 4.26. The van der Waals surface area contributed by atoms with E-state index in [1.165, 1.54) is 0 Å². The van der Waals surface area contributed by atoms with Gasteiger partial charge in [-0.05, 0) is 19.3 Å². The second-order valence-corrected chi connectivity index (χ2v) is 5.91. The van der Waals surface area contributed by atoms with Crippen molar-refractivity contribution in [3.8, 4) is 0 Å². The lowest BCUT2D eigenvalue weighted by atomic mass is 10.2. The molecule has 0 bridgehead atoms. The van der Waals surface area contributed by atoms with Crippen LogP contribution in [0.25, 0.3) is 0 Å². The maximum absolute atomic E-state index is 12.0. The van der Waals surface area contributed by atoms with E-state index in [0.717, 1.165) is 49.8 Å². The smallest absolute Gasteiger partial charge is 0.268 e. The SMILES string of the molecule is COC1CCN(c2cnn(CCCCCBr)c(=O)c2)C1. The third kappa shape index (κ3) is 4.06. The molecule has 5 nitrogen and oxygen atoms in total. The molecule has 1 aromatic heterocycles. The maximum Gasteiger partial charge on any atom is 0.268 e. The van der Waals surface area contributed by atoms with Crippen molar-refractivity contribution in [2.24, 2.45) is 0 Å². The first-order valence-electron chi connectivity index (χ1n) is 7.15. The van der Waals surface area contributed by atoms with Crippen LogP contribution in [0.1, 0.15) is 25.7 Å². The summed E-state index contributed by atoms with van der Waals surface area (Å²) in [5.74, 6) is 0. The van der Waals surface area contributed by atoms with E-state index in [2.05, 4.69) is 25.9 Å². The Balaban J connectivity index is 1.94. The van der Waals surface area contributed by atoms with Gasteiger partial charge in [-0.15, -0.1) is 0 Å². The van der Waals surface area contributed by atoms with Crippen LogP contribution in [0.5, 0.6) is 0 Å². The van der Waals surface area contributed by atoms with E-state index < -0.39 is 0 Å². The Hall–Kier alpha value is -0.880. The van der Waals surface area contributed by atoms with Gasteiger partial charge >= 0.3 is 0 Å². The highest BCUT2D eigenvalue weighted by Crippen LogP contribution is 2.19. The molecule has 0 aliphatic carbocycles. The Morgan fingerprint density at radius 1 is 1.45 bits per heavy atom. The van der Waals surface area contributed by atoms with E-state index in [4.69, 9.17) is 4.74 Å². The lowest BCUT2D eigenvalue weighted by Crippen LogP contribution is -2.27. The standard InChI is InChI=1S/C14H22BrN3O2/c1-20-13-5-8-17(11-13)12-9-14(19)18(16-10-12)7-4-2-3-6-15/h9-10,13H,2-8,11H2,1H3. The van der Waals surface area contributed by atoms with Gasteiger partial charge in [0, 0.05) is 38.1 Å². The zero-order valence-electron chi connectivity index (χ0n) is 11.9. The number of methoxy groups -OCH3 is 1. The van der Waals surface area contributed by atoms with Crippen LogP contribution in [0, 0.1) is 0 Å². The number of rotatable bonds is 7. The van der Waals surface area contributed by atoms with Gasteiger partial charge in [-0.1, -0.05) is 22.4 Å². The molecule has 1 unspecified atom stereocenters. The van der Waals surface area contributed by atoms with Crippen molar-refractivity contribution >= 4 is 21.6 Å². The van der Waals surface area contributed by atoms with Crippen LogP contribution in [-0.2, 0) is 11.3 Å². The summed E-state index contributed by atoms with van der Waals surface area (Å²) >= 11 is 3.41. The van der Waals surface area contributed by atoms with Crippen molar-refractivity contribution in [3.63, 3.8) is 0 Å². The van der Waals surface area contributed by atoms with Gasteiger partial charge in [0.05, 0.1) is 18.0 Å². The van der Waals surface area contributed by atoms with Crippen molar-refractivity contribution in [2.45, 2.75) is 38.3 Å². The number of hydrogen-bond acceptors (Lipinski definition) is 4. The molecule has 20 heavy (non-hydrogen) atoms. The number of aromatic nitrogens is 2. The Kier molecular flexibility index (Phi) is 6.04. The first kappa shape index (κ1) is 15.5. The van der Waals surface area contributed by atoms with Gasteiger partial charge in [0.15, 0.2) is 0 Å². The summed E-state index contributed by atoms with van der Waals surface area (Å²) in [6, 6.07) is 1.69. The molecule has 1 fully saturated rings. The van der Waals surface area contributed by atoms with Gasteiger partial charge in [0.1, 0.15) is 0 Å². The van der Waals surface area contributed by atoms with Crippen molar-refractivity contribution in [1.29, 1.82) is 0 Å². The fraction of sp³-hybridized carbons (Fsp3) is 0.714. The molecular formula is C14H22BrN3O2. The molecule has 0 N–H and O–H groups in total. The van der Waals surface area contributed by atoms with Crippen molar-refractivity contribution in [3.05, 3.63) is 22.6 Å². The zero-order valence-corrected chi connectivity index (χ0v) is 13.5. The first-order chi connectivity index (χ1) is 9.74. The number of hydrogen-bond donors (Lipinski definition) is 0. The van der Waals surface area contributed by atoms with Crippen LogP contribution in [-0.4, -0.2) is 41.4 Å². The van der Waals surface area contributed by atoms with Crippen LogP contribution in [0.4, 0.5) is 5.69 Å². The summed E-state index contributed by atoms with van der Waals surface area (Å²) in [4.78, 5) is 14.2. The maximum atomic E-state index is 12.0. The van der Waals surface area contributed by atoms with Gasteiger partial charge in [-0.2, -0.15) is 5.10 Å². The van der Waals surface area contributed by atoms with E-state index in [9.17, 15) is 4.79 Å². The number of anilines is 1. The second kappa shape index (κ2) is 7.78. The normalized spacial score (nSPS) is 18.7. The van der Waals surface area contributed by atoms with E-state index in [1.807, 2.05) is 0 Å². The molecule has 1 atom stereocenters. The lowest BCUT2D eigenvalue weighted by molar-refractivity contribution is 0.121. The molecule has 2 heterocycles. The fourth-order valence-corrected chi connectivity index (χ4v) is 2.85. The third-order valence-electron chi connectivity index (χ3n) is 3.70. The molecule has 2 rings (SSSR count). The zero-order chi connectivity index (χ0) is 14.4. The number of nitrogens with zero attached hydrogens (tertiary/aromatic N) is 3. The molecule has 1 aliphatic rings. The number of alkyl halides is 1. The predicted octanol–water partition coefficient (Wildman–Crippen LogP) is 2.03. The molecule has 1 aromatic rings. The van der Waals surface area contributed by atoms with Crippen molar-refractivity contribution in [2.75, 3.05) is 30.4 Å². The molecule has 0 aromatic carbocycles. The first-order valence-corrected chi connectivity index (χ1v) is 8.27. The number of halogens is 1.